The van der Waals surface area contributed by atoms with Gasteiger partial charge in [-0.05, 0) is 75.5 Å². The largest absolute Gasteiger partial charge is 0.492 e. The lowest BCUT2D eigenvalue weighted by atomic mass is 9.96. The molecule has 0 saturated carbocycles. The van der Waals surface area contributed by atoms with Crippen molar-refractivity contribution in [1.29, 1.82) is 0 Å². The summed E-state index contributed by atoms with van der Waals surface area (Å²) in [5.74, 6) is 1.48. The van der Waals surface area contributed by atoms with Crippen LogP contribution >= 0.6 is 23.2 Å². The summed E-state index contributed by atoms with van der Waals surface area (Å²) in [4.78, 5) is 2.38. The molecular weight excluding hydrogens is 485 g/mol. The fourth-order valence-electron chi connectivity index (χ4n) is 4.46. The van der Waals surface area contributed by atoms with Gasteiger partial charge in [-0.3, -0.25) is 9.58 Å². The van der Waals surface area contributed by atoms with Crippen molar-refractivity contribution in [2.24, 2.45) is 0 Å². The fraction of sp³-hybridized carbons (Fsp3) is 0.444. The van der Waals surface area contributed by atoms with Gasteiger partial charge in [-0.25, -0.2) is 0 Å². The predicted octanol–water partition coefficient (Wildman–Crippen LogP) is 5.68. The molecule has 4 rings (SSSR count). The molecule has 0 radical (unpaired) electrons. The lowest BCUT2D eigenvalue weighted by molar-refractivity contribution is -0.0168. The van der Waals surface area contributed by atoms with Gasteiger partial charge in [0.15, 0.2) is 0 Å². The van der Waals surface area contributed by atoms with E-state index in [1.807, 2.05) is 23.7 Å². The van der Waals surface area contributed by atoms with Crippen molar-refractivity contribution >= 4 is 23.2 Å². The minimum atomic E-state index is -0.866. The van der Waals surface area contributed by atoms with Crippen LogP contribution in [0.25, 0.3) is 0 Å². The maximum Gasteiger partial charge on any atom is 0.121 e. The van der Waals surface area contributed by atoms with Gasteiger partial charge in [0.25, 0.3) is 0 Å². The summed E-state index contributed by atoms with van der Waals surface area (Å²) < 4.78 is 13.8. The third kappa shape index (κ3) is 7.37. The minimum absolute atomic E-state index is 0.234. The Balaban J connectivity index is 1.26. The van der Waals surface area contributed by atoms with Crippen LogP contribution in [0.4, 0.5) is 0 Å². The van der Waals surface area contributed by atoms with E-state index in [1.165, 1.54) is 5.56 Å². The molecule has 0 unspecified atom stereocenters. The maximum atomic E-state index is 11.1. The Morgan fingerprint density at radius 1 is 0.971 bits per heavy atom. The lowest BCUT2D eigenvalue weighted by Gasteiger charge is -2.27. The number of likely N-dealkylation sites (tertiary alicyclic amines) is 1. The summed E-state index contributed by atoms with van der Waals surface area (Å²) in [5, 5.41) is 16.6. The van der Waals surface area contributed by atoms with E-state index in [4.69, 9.17) is 32.7 Å². The summed E-state index contributed by atoms with van der Waals surface area (Å²) in [6.45, 7) is 8.13. The maximum absolute atomic E-state index is 11.1. The van der Waals surface area contributed by atoms with Crippen LogP contribution in [-0.2, 0) is 13.1 Å². The van der Waals surface area contributed by atoms with Crippen LogP contribution in [0.3, 0.4) is 0 Å². The fourth-order valence-corrected chi connectivity index (χ4v) is 4.75. The quantitative estimate of drug-likeness (QED) is 0.395. The molecule has 6 nitrogen and oxygen atoms in total. The highest BCUT2D eigenvalue weighted by atomic mass is 35.5. The molecule has 2 heterocycles. The van der Waals surface area contributed by atoms with Gasteiger partial charge in [0.1, 0.15) is 24.7 Å². The number of aryl methyl sites for hydroxylation is 2. The number of benzene rings is 2. The number of aliphatic hydroxyl groups is 1. The van der Waals surface area contributed by atoms with Crippen molar-refractivity contribution in [2.45, 2.75) is 51.8 Å². The molecule has 0 bridgehead atoms. The highest BCUT2D eigenvalue weighted by Gasteiger charge is 2.31. The second-order valence-corrected chi connectivity index (χ2v) is 10.2. The highest BCUT2D eigenvalue weighted by molar-refractivity contribution is 6.42. The standard InChI is InChI=1S/C27H33Cl2N3O3/c1-20-15-21(2)32(30-20)13-14-34-23-6-3-5-22(16-23)18-31-11-4-9-27(33,10-12-31)19-35-24-7-8-25(28)26(29)17-24/h3,5-8,15-17,33H,4,9-14,18-19H2,1-2H3/t27-/m1/s1. The van der Waals surface area contributed by atoms with Crippen molar-refractivity contribution < 1.29 is 14.6 Å². The van der Waals surface area contributed by atoms with Crippen LogP contribution < -0.4 is 9.47 Å². The zero-order chi connectivity index (χ0) is 24.8. The molecule has 35 heavy (non-hydrogen) atoms. The van der Waals surface area contributed by atoms with Crippen LogP contribution in [0, 0.1) is 13.8 Å². The topological polar surface area (TPSA) is 59.8 Å². The summed E-state index contributed by atoms with van der Waals surface area (Å²) in [6, 6.07) is 15.5. The van der Waals surface area contributed by atoms with Gasteiger partial charge in [-0.15, -0.1) is 0 Å². The van der Waals surface area contributed by atoms with E-state index in [-0.39, 0.29) is 6.61 Å². The van der Waals surface area contributed by atoms with E-state index >= 15 is 0 Å². The number of aromatic nitrogens is 2. The third-order valence-corrected chi connectivity index (χ3v) is 7.13. The van der Waals surface area contributed by atoms with Gasteiger partial charge in [-0.1, -0.05) is 35.3 Å². The zero-order valence-corrected chi connectivity index (χ0v) is 21.9. The molecule has 0 spiro atoms. The number of halogens is 2. The number of rotatable bonds is 9. The molecule has 1 N–H and O–H groups in total. The highest BCUT2D eigenvalue weighted by Crippen LogP contribution is 2.29. The van der Waals surface area contributed by atoms with E-state index < -0.39 is 5.60 Å². The summed E-state index contributed by atoms with van der Waals surface area (Å²) >= 11 is 12.0. The third-order valence-electron chi connectivity index (χ3n) is 6.39. The van der Waals surface area contributed by atoms with E-state index in [0.29, 0.717) is 35.2 Å². The van der Waals surface area contributed by atoms with Crippen LogP contribution in [-0.4, -0.2) is 51.7 Å². The van der Waals surface area contributed by atoms with Gasteiger partial charge >= 0.3 is 0 Å². The Hall–Kier alpha value is -2.25. The zero-order valence-electron chi connectivity index (χ0n) is 20.3. The number of hydrogen-bond donors (Lipinski definition) is 1. The summed E-state index contributed by atoms with van der Waals surface area (Å²) in [7, 11) is 0. The Morgan fingerprint density at radius 2 is 1.80 bits per heavy atom. The van der Waals surface area contributed by atoms with Crippen LogP contribution in [0.15, 0.2) is 48.5 Å². The van der Waals surface area contributed by atoms with E-state index in [2.05, 4.69) is 35.1 Å². The second kappa shape index (κ2) is 11.7. The minimum Gasteiger partial charge on any atom is -0.492 e. The lowest BCUT2D eigenvalue weighted by Crippen LogP contribution is -2.37. The number of ether oxygens (including phenoxy) is 2. The molecule has 2 aromatic carbocycles. The SMILES string of the molecule is Cc1cc(C)n(CCOc2cccc(CN3CCC[C@](O)(COc4ccc(Cl)c(Cl)c4)CC3)c2)n1. The molecule has 0 aliphatic carbocycles. The van der Waals surface area contributed by atoms with Crippen molar-refractivity contribution in [3.63, 3.8) is 0 Å². The average Bonchev–Trinajstić information content (AvgIpc) is 3.03. The van der Waals surface area contributed by atoms with Crippen molar-refractivity contribution in [3.8, 4) is 11.5 Å². The molecule has 8 heteroatoms. The van der Waals surface area contributed by atoms with Crippen molar-refractivity contribution in [2.75, 3.05) is 26.3 Å². The first-order valence-corrected chi connectivity index (χ1v) is 12.8. The Bertz CT molecular complexity index is 1140. The molecule has 0 amide bonds. The molecule has 1 aliphatic heterocycles. The Labute approximate surface area is 217 Å². The van der Waals surface area contributed by atoms with Crippen LogP contribution in [0.5, 0.6) is 11.5 Å². The smallest absolute Gasteiger partial charge is 0.121 e. The van der Waals surface area contributed by atoms with Crippen LogP contribution in [0.1, 0.15) is 36.2 Å². The van der Waals surface area contributed by atoms with Gasteiger partial charge in [0.2, 0.25) is 0 Å². The van der Waals surface area contributed by atoms with Gasteiger partial charge in [0, 0.05) is 24.8 Å². The first-order valence-electron chi connectivity index (χ1n) is 12.1. The monoisotopic (exact) mass is 517 g/mol. The molecule has 1 saturated heterocycles. The molecule has 3 aromatic rings. The molecule has 1 fully saturated rings. The normalized spacial score (nSPS) is 18.9. The molecular formula is C27H33Cl2N3O3. The molecule has 1 aromatic heterocycles. The van der Waals surface area contributed by atoms with Gasteiger partial charge in [-0.2, -0.15) is 5.10 Å². The Morgan fingerprint density at radius 3 is 2.57 bits per heavy atom. The first kappa shape index (κ1) is 25.8. The van der Waals surface area contributed by atoms with E-state index in [9.17, 15) is 5.11 Å². The van der Waals surface area contributed by atoms with Crippen molar-refractivity contribution in [3.05, 3.63) is 75.5 Å². The van der Waals surface area contributed by atoms with Crippen LogP contribution in [0.2, 0.25) is 10.0 Å². The Kier molecular flexibility index (Phi) is 8.60. The predicted molar refractivity (Wildman–Crippen MR) is 140 cm³/mol. The molecule has 1 atom stereocenters. The summed E-state index contributed by atoms with van der Waals surface area (Å²) in [6.07, 6.45) is 2.24. The van der Waals surface area contributed by atoms with E-state index in [1.54, 1.807) is 18.2 Å². The number of hydrogen-bond acceptors (Lipinski definition) is 5. The first-order chi connectivity index (χ1) is 16.8. The van der Waals surface area contributed by atoms with Gasteiger partial charge < -0.3 is 14.6 Å². The molecule has 188 valence electrons. The van der Waals surface area contributed by atoms with Gasteiger partial charge in [0.05, 0.1) is 27.9 Å². The second-order valence-electron chi connectivity index (χ2n) is 9.36. The number of nitrogens with zero attached hydrogens (tertiary/aromatic N) is 3. The summed E-state index contributed by atoms with van der Waals surface area (Å²) in [5.41, 5.74) is 2.50. The van der Waals surface area contributed by atoms with Crippen molar-refractivity contribution in [1.82, 2.24) is 14.7 Å². The van der Waals surface area contributed by atoms with E-state index in [0.717, 1.165) is 49.7 Å². The molecule has 1 aliphatic rings. The average molecular weight is 518 g/mol.